The molecule has 3 rings (SSSR count). The lowest BCUT2D eigenvalue weighted by Crippen LogP contribution is -2.42. The van der Waals surface area contributed by atoms with Gasteiger partial charge in [0, 0.05) is 12.1 Å². The standard InChI is InChI=1S/C15H20F2N6O2/c1-2-9-5-10(3-4-19-9)24-14-8-18-7-12(21-14)20-11-6-13(23-22-11)25-15(16)17/h6-10,15,19H,2-5H2,1H3,(H2,20,21,22,23)/t9-,10-/m0/s1. The maximum absolute atomic E-state index is 12.1. The molecule has 25 heavy (non-hydrogen) atoms. The Morgan fingerprint density at radius 2 is 2.24 bits per heavy atom. The van der Waals surface area contributed by atoms with Crippen LogP contribution in [0.3, 0.4) is 0 Å². The van der Waals surface area contributed by atoms with Crippen LogP contribution in [0.4, 0.5) is 20.4 Å². The number of aromatic nitrogens is 4. The summed E-state index contributed by atoms with van der Waals surface area (Å²) in [6.45, 7) is 0.126. The fraction of sp³-hybridized carbons (Fsp3) is 0.533. The van der Waals surface area contributed by atoms with Gasteiger partial charge in [0.15, 0.2) is 5.82 Å². The maximum Gasteiger partial charge on any atom is 0.388 e. The monoisotopic (exact) mass is 354 g/mol. The van der Waals surface area contributed by atoms with Gasteiger partial charge in [-0.05, 0) is 25.8 Å². The van der Waals surface area contributed by atoms with Crippen LogP contribution in [0.15, 0.2) is 18.5 Å². The summed E-state index contributed by atoms with van der Waals surface area (Å²) in [6.07, 6.45) is 6.02. The second kappa shape index (κ2) is 8.06. The normalized spacial score (nSPS) is 20.5. The number of halogens is 2. The molecule has 1 fully saturated rings. The zero-order chi connectivity index (χ0) is 17.6. The first-order valence-corrected chi connectivity index (χ1v) is 8.11. The minimum Gasteiger partial charge on any atom is -0.473 e. The number of nitrogens with zero attached hydrogens (tertiary/aromatic N) is 3. The van der Waals surface area contributed by atoms with Crippen molar-refractivity contribution in [2.45, 2.75) is 44.9 Å². The molecule has 10 heteroatoms. The SMILES string of the molecule is CC[C@H]1C[C@@H](Oc2cncc(Nc3cc(OC(F)F)n[nH]3)n2)CCN1. The highest BCUT2D eigenvalue weighted by Crippen LogP contribution is 2.21. The van der Waals surface area contributed by atoms with E-state index in [4.69, 9.17) is 4.74 Å². The second-order valence-corrected chi connectivity index (χ2v) is 5.69. The molecule has 0 aliphatic carbocycles. The van der Waals surface area contributed by atoms with Crippen LogP contribution < -0.4 is 20.1 Å². The van der Waals surface area contributed by atoms with Crippen molar-refractivity contribution in [1.29, 1.82) is 0 Å². The molecule has 3 heterocycles. The van der Waals surface area contributed by atoms with Crippen LogP contribution >= 0.6 is 0 Å². The van der Waals surface area contributed by atoms with Gasteiger partial charge in [0.1, 0.15) is 11.9 Å². The summed E-state index contributed by atoms with van der Waals surface area (Å²) >= 11 is 0. The zero-order valence-corrected chi connectivity index (χ0v) is 13.7. The molecule has 1 aliphatic heterocycles. The average molecular weight is 354 g/mol. The van der Waals surface area contributed by atoms with Gasteiger partial charge in [0.2, 0.25) is 11.8 Å². The lowest BCUT2D eigenvalue weighted by atomic mass is 10.00. The van der Waals surface area contributed by atoms with Crippen LogP contribution in [-0.4, -0.2) is 45.5 Å². The summed E-state index contributed by atoms with van der Waals surface area (Å²) in [4.78, 5) is 8.42. The Labute approximate surface area is 143 Å². The molecule has 2 atom stereocenters. The third-order valence-electron chi connectivity index (χ3n) is 3.87. The van der Waals surface area contributed by atoms with E-state index in [0.29, 0.717) is 23.6 Å². The number of rotatable bonds is 7. The lowest BCUT2D eigenvalue weighted by Gasteiger charge is -2.29. The molecule has 0 spiro atoms. The van der Waals surface area contributed by atoms with Crippen molar-refractivity contribution in [3.05, 3.63) is 18.5 Å². The lowest BCUT2D eigenvalue weighted by molar-refractivity contribution is -0.0528. The van der Waals surface area contributed by atoms with Gasteiger partial charge >= 0.3 is 6.61 Å². The molecule has 0 unspecified atom stereocenters. The Kier molecular flexibility index (Phi) is 5.59. The Hall–Kier alpha value is -2.49. The minimum absolute atomic E-state index is 0.0916. The van der Waals surface area contributed by atoms with E-state index in [1.165, 1.54) is 12.3 Å². The van der Waals surface area contributed by atoms with Gasteiger partial charge in [-0.25, -0.2) is 0 Å². The largest absolute Gasteiger partial charge is 0.473 e. The van der Waals surface area contributed by atoms with Crippen molar-refractivity contribution in [2.75, 3.05) is 11.9 Å². The Morgan fingerprint density at radius 1 is 1.36 bits per heavy atom. The number of alkyl halides is 2. The van der Waals surface area contributed by atoms with Crippen molar-refractivity contribution in [3.63, 3.8) is 0 Å². The van der Waals surface area contributed by atoms with Gasteiger partial charge in [-0.2, -0.15) is 13.8 Å². The van der Waals surface area contributed by atoms with Crippen molar-refractivity contribution >= 4 is 11.6 Å². The van der Waals surface area contributed by atoms with E-state index in [2.05, 4.69) is 42.5 Å². The summed E-state index contributed by atoms with van der Waals surface area (Å²) in [7, 11) is 0. The Balaban J connectivity index is 1.60. The van der Waals surface area contributed by atoms with Crippen molar-refractivity contribution in [3.8, 4) is 11.8 Å². The van der Waals surface area contributed by atoms with Crippen LogP contribution in [0.1, 0.15) is 26.2 Å². The predicted octanol–water partition coefficient (Wildman–Crippen LogP) is 2.45. The van der Waals surface area contributed by atoms with Crippen LogP contribution in [0, 0.1) is 0 Å². The molecule has 0 aromatic carbocycles. The van der Waals surface area contributed by atoms with Gasteiger partial charge in [0.05, 0.1) is 12.4 Å². The van der Waals surface area contributed by atoms with E-state index in [1.54, 1.807) is 6.20 Å². The number of H-pyrrole nitrogens is 1. The first kappa shape index (κ1) is 17.3. The molecule has 0 saturated carbocycles. The van der Waals surface area contributed by atoms with Crippen LogP contribution in [-0.2, 0) is 0 Å². The minimum atomic E-state index is -2.93. The molecule has 1 aliphatic rings. The topological polar surface area (TPSA) is 97.0 Å². The van der Waals surface area contributed by atoms with Crippen molar-refractivity contribution < 1.29 is 18.3 Å². The summed E-state index contributed by atoms with van der Waals surface area (Å²) in [6, 6.07) is 1.76. The second-order valence-electron chi connectivity index (χ2n) is 5.69. The molecule has 0 radical (unpaired) electrons. The molecule has 136 valence electrons. The highest BCUT2D eigenvalue weighted by Gasteiger charge is 2.22. The molecule has 0 bridgehead atoms. The number of nitrogens with one attached hydrogen (secondary N) is 3. The number of hydrogen-bond donors (Lipinski definition) is 3. The molecule has 8 nitrogen and oxygen atoms in total. The van der Waals surface area contributed by atoms with Crippen LogP contribution in [0.2, 0.25) is 0 Å². The summed E-state index contributed by atoms with van der Waals surface area (Å²) < 4.78 is 34.4. The first-order valence-electron chi connectivity index (χ1n) is 8.11. The molecule has 2 aromatic heterocycles. The number of ether oxygens (including phenoxy) is 2. The summed E-state index contributed by atoms with van der Waals surface area (Å²) in [5.41, 5.74) is 0. The third kappa shape index (κ3) is 4.99. The molecule has 3 N–H and O–H groups in total. The highest BCUT2D eigenvalue weighted by molar-refractivity contribution is 5.51. The fourth-order valence-electron chi connectivity index (χ4n) is 2.68. The van der Waals surface area contributed by atoms with Gasteiger partial charge in [-0.1, -0.05) is 6.92 Å². The number of piperidine rings is 1. The van der Waals surface area contributed by atoms with E-state index < -0.39 is 6.61 Å². The Bertz CT molecular complexity index is 684. The fourth-order valence-corrected chi connectivity index (χ4v) is 2.68. The summed E-state index contributed by atoms with van der Waals surface area (Å²) in [5, 5.41) is 12.5. The van der Waals surface area contributed by atoms with E-state index in [-0.39, 0.29) is 12.0 Å². The molecule has 0 amide bonds. The maximum atomic E-state index is 12.1. The van der Waals surface area contributed by atoms with Gasteiger partial charge < -0.3 is 20.1 Å². The quantitative estimate of drug-likeness (QED) is 0.703. The van der Waals surface area contributed by atoms with Gasteiger partial charge in [0.25, 0.3) is 0 Å². The van der Waals surface area contributed by atoms with E-state index in [1.807, 2.05) is 0 Å². The van der Waals surface area contributed by atoms with Crippen molar-refractivity contribution in [1.82, 2.24) is 25.5 Å². The van der Waals surface area contributed by atoms with Crippen LogP contribution in [0.5, 0.6) is 11.8 Å². The number of aromatic amines is 1. The van der Waals surface area contributed by atoms with E-state index in [0.717, 1.165) is 25.8 Å². The zero-order valence-electron chi connectivity index (χ0n) is 13.7. The number of hydrogen-bond acceptors (Lipinski definition) is 7. The van der Waals surface area contributed by atoms with Gasteiger partial charge in [-0.15, -0.1) is 5.10 Å². The molecule has 1 saturated heterocycles. The first-order chi connectivity index (χ1) is 12.1. The Morgan fingerprint density at radius 3 is 3.04 bits per heavy atom. The highest BCUT2D eigenvalue weighted by atomic mass is 19.3. The van der Waals surface area contributed by atoms with E-state index >= 15 is 0 Å². The van der Waals surface area contributed by atoms with E-state index in [9.17, 15) is 8.78 Å². The third-order valence-corrected chi connectivity index (χ3v) is 3.87. The molecular weight excluding hydrogens is 334 g/mol. The average Bonchev–Trinajstić information content (AvgIpc) is 3.01. The summed E-state index contributed by atoms with van der Waals surface area (Å²) in [5.74, 6) is 0.967. The van der Waals surface area contributed by atoms with Gasteiger partial charge in [-0.3, -0.25) is 10.1 Å². The smallest absolute Gasteiger partial charge is 0.388 e. The van der Waals surface area contributed by atoms with Crippen LogP contribution in [0.25, 0.3) is 0 Å². The molecular formula is C15H20F2N6O2. The van der Waals surface area contributed by atoms with Crippen molar-refractivity contribution in [2.24, 2.45) is 0 Å². The molecule has 2 aromatic rings. The number of anilines is 2. The predicted molar refractivity (Wildman–Crippen MR) is 86.3 cm³/mol.